The number of sulfonamides is 1. The molecule has 134 valence electrons. The molecule has 0 amide bonds. The van der Waals surface area contributed by atoms with Gasteiger partial charge in [0.15, 0.2) is 0 Å². The lowest BCUT2D eigenvalue weighted by Gasteiger charge is -2.39. The van der Waals surface area contributed by atoms with Crippen molar-refractivity contribution in [2.45, 2.75) is 10.9 Å². The van der Waals surface area contributed by atoms with Gasteiger partial charge in [-0.05, 0) is 25.2 Å². The average Bonchev–Trinajstić information content (AvgIpc) is 2.62. The maximum absolute atomic E-state index is 12.9. The number of likely N-dealkylation sites (N-methyl/N-ethyl adjacent to an activating group) is 1. The second-order valence-corrected chi connectivity index (χ2v) is 8.24. The maximum atomic E-state index is 12.9. The van der Waals surface area contributed by atoms with Crippen molar-refractivity contribution in [2.75, 3.05) is 33.8 Å². The van der Waals surface area contributed by atoms with Crippen molar-refractivity contribution in [3.8, 4) is 5.75 Å². The lowest BCUT2D eigenvalue weighted by Crippen LogP contribution is -2.48. The molecule has 0 spiro atoms. The molecule has 1 aromatic carbocycles. The second kappa shape index (κ2) is 7.29. The highest BCUT2D eigenvalue weighted by Gasteiger charge is 2.34. The van der Waals surface area contributed by atoms with Gasteiger partial charge in [-0.2, -0.15) is 4.31 Å². The largest absolute Gasteiger partial charge is 0.496 e. The molecule has 1 fully saturated rings. The van der Waals surface area contributed by atoms with Crippen molar-refractivity contribution in [1.29, 1.82) is 0 Å². The SMILES string of the molecule is COc1ccccc1C1CN(S(=O)(=O)c2ccc(Cl)nc2)CCN1C. The molecule has 1 saturated heterocycles. The zero-order chi connectivity index (χ0) is 18.0. The highest BCUT2D eigenvalue weighted by molar-refractivity contribution is 7.89. The third-order valence-electron chi connectivity index (χ3n) is 4.45. The summed E-state index contributed by atoms with van der Waals surface area (Å²) < 4.78 is 32.8. The summed E-state index contributed by atoms with van der Waals surface area (Å²) in [5.41, 5.74) is 0.974. The van der Waals surface area contributed by atoms with E-state index in [0.717, 1.165) is 11.3 Å². The van der Waals surface area contributed by atoms with Crippen LogP contribution in [0, 0.1) is 0 Å². The Kier molecular flexibility index (Phi) is 5.29. The Morgan fingerprint density at radius 3 is 2.64 bits per heavy atom. The minimum absolute atomic E-state index is 0.0834. The zero-order valence-electron chi connectivity index (χ0n) is 14.1. The van der Waals surface area contributed by atoms with Crippen LogP contribution < -0.4 is 4.74 Å². The van der Waals surface area contributed by atoms with Crippen LogP contribution >= 0.6 is 11.6 Å². The van der Waals surface area contributed by atoms with Gasteiger partial charge in [0.05, 0.1) is 13.2 Å². The number of pyridine rings is 1. The number of ether oxygens (including phenoxy) is 1. The van der Waals surface area contributed by atoms with Crippen molar-refractivity contribution < 1.29 is 13.2 Å². The summed E-state index contributed by atoms with van der Waals surface area (Å²) in [6, 6.07) is 10.6. The van der Waals surface area contributed by atoms with E-state index in [0.29, 0.717) is 19.6 Å². The molecule has 6 nitrogen and oxygen atoms in total. The molecule has 1 unspecified atom stereocenters. The zero-order valence-corrected chi connectivity index (χ0v) is 15.7. The number of aromatic nitrogens is 1. The number of rotatable bonds is 4. The molecule has 25 heavy (non-hydrogen) atoms. The Morgan fingerprint density at radius 1 is 1.20 bits per heavy atom. The van der Waals surface area contributed by atoms with Gasteiger partial charge in [-0.25, -0.2) is 13.4 Å². The predicted molar refractivity (Wildman–Crippen MR) is 96.4 cm³/mol. The molecule has 0 radical (unpaired) electrons. The van der Waals surface area contributed by atoms with Gasteiger partial charge < -0.3 is 4.74 Å². The molecule has 2 heterocycles. The van der Waals surface area contributed by atoms with Crippen molar-refractivity contribution in [1.82, 2.24) is 14.2 Å². The summed E-state index contributed by atoms with van der Waals surface area (Å²) in [4.78, 5) is 6.18. The number of halogens is 1. The average molecular weight is 382 g/mol. The molecule has 3 rings (SSSR count). The molecule has 0 aliphatic carbocycles. The molecule has 1 aliphatic heterocycles. The summed E-state index contributed by atoms with van der Waals surface area (Å²) >= 11 is 5.76. The topological polar surface area (TPSA) is 62.7 Å². The quantitative estimate of drug-likeness (QED) is 0.761. The first-order valence-corrected chi connectivity index (χ1v) is 9.70. The van der Waals surface area contributed by atoms with Crippen LogP contribution in [0.2, 0.25) is 5.15 Å². The number of nitrogens with zero attached hydrogens (tertiary/aromatic N) is 3. The molecule has 1 aliphatic rings. The van der Waals surface area contributed by atoms with Gasteiger partial charge in [0, 0.05) is 31.4 Å². The van der Waals surface area contributed by atoms with Gasteiger partial charge >= 0.3 is 0 Å². The van der Waals surface area contributed by atoms with Crippen LogP contribution in [-0.2, 0) is 10.0 Å². The number of piperazine rings is 1. The number of para-hydroxylation sites is 1. The Bertz CT molecular complexity index is 842. The number of hydrogen-bond acceptors (Lipinski definition) is 5. The van der Waals surface area contributed by atoms with Crippen LogP contribution in [0.1, 0.15) is 11.6 Å². The van der Waals surface area contributed by atoms with Crippen LogP contribution in [-0.4, -0.2) is 56.4 Å². The minimum atomic E-state index is -3.62. The smallest absolute Gasteiger partial charge is 0.244 e. The van der Waals surface area contributed by atoms with E-state index in [1.54, 1.807) is 7.11 Å². The van der Waals surface area contributed by atoms with Crippen LogP contribution in [0.15, 0.2) is 47.5 Å². The highest BCUT2D eigenvalue weighted by atomic mass is 35.5. The van der Waals surface area contributed by atoms with E-state index in [9.17, 15) is 8.42 Å². The first-order valence-electron chi connectivity index (χ1n) is 7.88. The normalized spacial score (nSPS) is 19.7. The number of hydrogen-bond donors (Lipinski definition) is 0. The van der Waals surface area contributed by atoms with Crippen molar-refractivity contribution in [3.05, 3.63) is 53.3 Å². The Morgan fingerprint density at radius 2 is 1.96 bits per heavy atom. The van der Waals surface area contributed by atoms with E-state index in [1.807, 2.05) is 31.3 Å². The summed E-state index contributed by atoms with van der Waals surface area (Å²) in [7, 11) is -0.00643. The van der Waals surface area contributed by atoms with Crippen LogP contribution in [0.4, 0.5) is 0 Å². The van der Waals surface area contributed by atoms with E-state index in [1.165, 1.54) is 22.6 Å². The molecule has 1 aromatic heterocycles. The molecule has 0 saturated carbocycles. The molecule has 1 atom stereocenters. The second-order valence-electron chi connectivity index (χ2n) is 5.92. The van der Waals surface area contributed by atoms with Crippen LogP contribution in [0.5, 0.6) is 5.75 Å². The monoisotopic (exact) mass is 381 g/mol. The standard InChI is InChI=1S/C17H20ClN3O3S/c1-20-9-10-21(25(22,23)13-7-8-17(18)19-11-13)12-15(20)14-5-3-4-6-16(14)24-2/h3-8,11,15H,9-10,12H2,1-2H3. The Balaban J connectivity index is 1.91. The van der Waals surface area contributed by atoms with Gasteiger partial charge in [0.25, 0.3) is 0 Å². The summed E-state index contributed by atoms with van der Waals surface area (Å²) in [5.74, 6) is 0.756. The molecule has 0 bridgehead atoms. The number of methoxy groups -OCH3 is 1. The van der Waals surface area contributed by atoms with E-state index in [-0.39, 0.29) is 16.1 Å². The third kappa shape index (κ3) is 3.64. The highest BCUT2D eigenvalue weighted by Crippen LogP contribution is 2.32. The molecular weight excluding hydrogens is 362 g/mol. The third-order valence-corrected chi connectivity index (χ3v) is 6.52. The predicted octanol–water partition coefficient (Wildman–Crippen LogP) is 2.42. The minimum Gasteiger partial charge on any atom is -0.496 e. The molecular formula is C17H20ClN3O3S. The Labute approximate surface area is 153 Å². The maximum Gasteiger partial charge on any atom is 0.244 e. The fraction of sp³-hybridized carbons (Fsp3) is 0.353. The van der Waals surface area contributed by atoms with E-state index >= 15 is 0 Å². The van der Waals surface area contributed by atoms with Crippen LogP contribution in [0.3, 0.4) is 0 Å². The first-order chi connectivity index (χ1) is 11.9. The molecule has 2 aromatic rings. The number of benzene rings is 1. The lowest BCUT2D eigenvalue weighted by molar-refractivity contribution is 0.146. The lowest BCUT2D eigenvalue weighted by atomic mass is 10.0. The van der Waals surface area contributed by atoms with Crippen molar-refractivity contribution in [3.63, 3.8) is 0 Å². The Hall–Kier alpha value is -1.67. The van der Waals surface area contributed by atoms with Gasteiger partial charge in [-0.1, -0.05) is 29.8 Å². The summed E-state index contributed by atoms with van der Waals surface area (Å²) in [6.07, 6.45) is 1.30. The van der Waals surface area contributed by atoms with Crippen molar-refractivity contribution >= 4 is 21.6 Å². The van der Waals surface area contributed by atoms with Crippen molar-refractivity contribution in [2.24, 2.45) is 0 Å². The summed E-state index contributed by atoms with van der Waals surface area (Å²) in [5, 5.41) is 0.268. The van der Waals surface area contributed by atoms with Crippen LogP contribution in [0.25, 0.3) is 0 Å². The van der Waals surface area contributed by atoms with E-state index < -0.39 is 10.0 Å². The van der Waals surface area contributed by atoms with Gasteiger partial charge in [-0.15, -0.1) is 0 Å². The van der Waals surface area contributed by atoms with Gasteiger partial charge in [-0.3, -0.25) is 4.90 Å². The molecule has 0 N–H and O–H groups in total. The summed E-state index contributed by atoms with van der Waals surface area (Å²) in [6.45, 7) is 1.40. The van der Waals surface area contributed by atoms with Gasteiger partial charge in [0.1, 0.15) is 15.8 Å². The molecule has 8 heteroatoms. The first kappa shape index (κ1) is 18.1. The van der Waals surface area contributed by atoms with Gasteiger partial charge in [0.2, 0.25) is 10.0 Å². The fourth-order valence-electron chi connectivity index (χ4n) is 3.01. The fourth-order valence-corrected chi connectivity index (χ4v) is 4.50. The van der Waals surface area contributed by atoms with E-state index in [2.05, 4.69) is 9.88 Å². The van der Waals surface area contributed by atoms with E-state index in [4.69, 9.17) is 16.3 Å².